The fourth-order valence-corrected chi connectivity index (χ4v) is 3.06. The summed E-state index contributed by atoms with van der Waals surface area (Å²) in [6, 6.07) is 1.18. The van der Waals surface area contributed by atoms with Crippen LogP contribution in [-0.4, -0.2) is 24.7 Å². The van der Waals surface area contributed by atoms with Crippen molar-refractivity contribution in [1.82, 2.24) is 5.32 Å². The van der Waals surface area contributed by atoms with Crippen molar-refractivity contribution in [3.05, 3.63) is 27.5 Å². The van der Waals surface area contributed by atoms with Gasteiger partial charge in [0.2, 0.25) is 0 Å². The highest BCUT2D eigenvalue weighted by Gasteiger charge is 2.34. The topological polar surface area (TPSA) is 58.6 Å². The molecule has 4 nitrogen and oxygen atoms in total. The minimum Gasteiger partial charge on any atom is -0.496 e. The summed E-state index contributed by atoms with van der Waals surface area (Å²) < 4.78 is 19.5. The number of halogens is 2. The molecule has 2 unspecified atom stereocenters. The van der Waals surface area contributed by atoms with Crippen LogP contribution >= 0.6 is 15.9 Å². The number of aliphatic carboxylic acids is 1. The molecule has 0 aliphatic carbocycles. The third kappa shape index (κ3) is 2.60. The molecule has 0 amide bonds. The second-order valence-electron chi connectivity index (χ2n) is 4.67. The van der Waals surface area contributed by atoms with Crippen LogP contribution in [0, 0.1) is 18.7 Å². The van der Waals surface area contributed by atoms with Gasteiger partial charge in [-0.3, -0.25) is 4.79 Å². The minimum absolute atomic E-state index is 0.222. The first kappa shape index (κ1) is 14.3. The number of carbonyl (C=O) groups is 1. The molecule has 0 saturated carbocycles. The van der Waals surface area contributed by atoms with E-state index in [1.165, 1.54) is 13.2 Å². The summed E-state index contributed by atoms with van der Waals surface area (Å²) in [6.07, 6.45) is 0.424. The van der Waals surface area contributed by atoms with E-state index in [1.54, 1.807) is 6.92 Å². The van der Waals surface area contributed by atoms with Gasteiger partial charge in [0, 0.05) is 18.2 Å². The number of methoxy groups -OCH3 is 1. The van der Waals surface area contributed by atoms with E-state index in [1.807, 2.05) is 0 Å². The number of hydrogen-bond acceptors (Lipinski definition) is 3. The molecule has 19 heavy (non-hydrogen) atoms. The van der Waals surface area contributed by atoms with Crippen molar-refractivity contribution in [3.8, 4) is 5.75 Å². The fourth-order valence-electron chi connectivity index (χ4n) is 2.49. The van der Waals surface area contributed by atoms with Gasteiger partial charge >= 0.3 is 5.97 Å². The van der Waals surface area contributed by atoms with Crippen LogP contribution in [-0.2, 0) is 4.79 Å². The number of carboxylic acid groups (broad SMARTS) is 1. The van der Waals surface area contributed by atoms with Gasteiger partial charge in [0.05, 0.1) is 17.5 Å². The van der Waals surface area contributed by atoms with E-state index in [2.05, 4.69) is 21.2 Å². The number of ether oxygens (including phenoxy) is 1. The maximum Gasteiger partial charge on any atom is 0.307 e. The molecule has 1 aromatic carbocycles. The third-order valence-corrected chi connectivity index (χ3v) is 4.23. The third-order valence-electron chi connectivity index (χ3n) is 3.42. The van der Waals surface area contributed by atoms with E-state index in [0.717, 1.165) is 0 Å². The molecule has 1 aromatic rings. The minimum atomic E-state index is -0.835. The van der Waals surface area contributed by atoms with E-state index >= 15 is 0 Å². The number of benzene rings is 1. The number of rotatable bonds is 3. The van der Waals surface area contributed by atoms with Gasteiger partial charge < -0.3 is 15.2 Å². The van der Waals surface area contributed by atoms with Gasteiger partial charge in [-0.1, -0.05) is 0 Å². The van der Waals surface area contributed by atoms with Crippen molar-refractivity contribution in [2.75, 3.05) is 13.7 Å². The van der Waals surface area contributed by atoms with Gasteiger partial charge in [0.1, 0.15) is 11.6 Å². The molecule has 0 bridgehead atoms. The zero-order chi connectivity index (χ0) is 14.2. The molecule has 104 valence electrons. The molecule has 6 heteroatoms. The zero-order valence-corrected chi connectivity index (χ0v) is 12.3. The Morgan fingerprint density at radius 3 is 2.84 bits per heavy atom. The van der Waals surface area contributed by atoms with Gasteiger partial charge in [-0.25, -0.2) is 4.39 Å². The van der Waals surface area contributed by atoms with Gasteiger partial charge in [-0.05, 0) is 40.9 Å². The summed E-state index contributed by atoms with van der Waals surface area (Å²) in [5.74, 6) is -1.06. The van der Waals surface area contributed by atoms with Crippen molar-refractivity contribution >= 4 is 21.9 Å². The first-order valence-corrected chi connectivity index (χ1v) is 6.73. The molecule has 0 spiro atoms. The van der Waals surface area contributed by atoms with E-state index in [9.17, 15) is 9.18 Å². The smallest absolute Gasteiger partial charge is 0.307 e. The van der Waals surface area contributed by atoms with Crippen molar-refractivity contribution in [2.45, 2.75) is 19.4 Å². The highest BCUT2D eigenvalue weighted by Crippen LogP contribution is 2.41. The normalized spacial score (nSPS) is 22.5. The summed E-state index contributed by atoms with van der Waals surface area (Å²) in [4.78, 5) is 11.0. The molecule has 0 aromatic heterocycles. The first-order chi connectivity index (χ1) is 8.95. The Morgan fingerprint density at radius 2 is 2.32 bits per heavy atom. The van der Waals surface area contributed by atoms with Gasteiger partial charge in [0.25, 0.3) is 0 Å². The Kier molecular flexibility index (Phi) is 4.10. The van der Waals surface area contributed by atoms with E-state index in [4.69, 9.17) is 9.84 Å². The van der Waals surface area contributed by atoms with Crippen LogP contribution < -0.4 is 10.1 Å². The Hall–Kier alpha value is -1.14. The van der Waals surface area contributed by atoms with Crippen molar-refractivity contribution in [3.63, 3.8) is 0 Å². The van der Waals surface area contributed by atoms with Gasteiger partial charge in [0.15, 0.2) is 0 Å². The number of nitrogens with one attached hydrogen (secondary N) is 1. The quantitative estimate of drug-likeness (QED) is 0.893. The molecule has 2 rings (SSSR count). The van der Waals surface area contributed by atoms with Crippen LogP contribution in [0.5, 0.6) is 5.75 Å². The lowest BCUT2D eigenvalue weighted by Gasteiger charge is -2.19. The Balaban J connectivity index is 2.42. The van der Waals surface area contributed by atoms with E-state index < -0.39 is 11.9 Å². The molecule has 1 aliphatic heterocycles. The van der Waals surface area contributed by atoms with Crippen molar-refractivity contribution in [1.29, 1.82) is 0 Å². The first-order valence-electron chi connectivity index (χ1n) is 5.94. The highest BCUT2D eigenvalue weighted by atomic mass is 79.9. The summed E-state index contributed by atoms with van der Waals surface area (Å²) in [7, 11) is 1.53. The highest BCUT2D eigenvalue weighted by molar-refractivity contribution is 9.10. The monoisotopic (exact) mass is 331 g/mol. The standard InChI is InChI=1S/C13H15BrFNO3/c1-6-3-8(15)11(14)10(12(6)19-2)9-4-7(5-16-9)13(17)18/h3,7,9,16H,4-5H2,1-2H3,(H,17,18). The number of carboxylic acids is 1. The lowest BCUT2D eigenvalue weighted by Crippen LogP contribution is -2.18. The number of aryl methyl sites for hydroxylation is 1. The molecular weight excluding hydrogens is 317 g/mol. The molecule has 0 radical (unpaired) electrons. The number of hydrogen-bond donors (Lipinski definition) is 2. The van der Waals surface area contributed by atoms with Crippen LogP contribution in [0.1, 0.15) is 23.6 Å². The van der Waals surface area contributed by atoms with Crippen LogP contribution in [0.25, 0.3) is 0 Å². The van der Waals surface area contributed by atoms with Gasteiger partial charge in [-0.2, -0.15) is 0 Å². The van der Waals surface area contributed by atoms with Crippen molar-refractivity contribution in [2.24, 2.45) is 5.92 Å². The average Bonchev–Trinajstić information content (AvgIpc) is 2.82. The Bertz CT molecular complexity index is 521. The summed E-state index contributed by atoms with van der Waals surface area (Å²) >= 11 is 3.23. The SMILES string of the molecule is COc1c(C)cc(F)c(Br)c1C1CC(C(=O)O)CN1. The summed E-state index contributed by atoms with van der Waals surface area (Å²) in [5.41, 5.74) is 1.35. The summed E-state index contributed by atoms with van der Waals surface area (Å²) in [6.45, 7) is 2.15. The fraction of sp³-hybridized carbons (Fsp3) is 0.462. The van der Waals surface area contributed by atoms with Crippen LogP contribution in [0.2, 0.25) is 0 Å². The molecule has 1 aliphatic rings. The lowest BCUT2D eigenvalue weighted by atomic mass is 9.97. The second kappa shape index (κ2) is 5.46. The predicted octanol–water partition coefficient (Wildman–Crippen LogP) is 2.64. The molecule has 1 fully saturated rings. The molecule has 1 heterocycles. The van der Waals surface area contributed by atoms with Gasteiger partial charge in [-0.15, -0.1) is 0 Å². The molecular formula is C13H15BrFNO3. The summed E-state index contributed by atoms with van der Waals surface area (Å²) in [5, 5.41) is 12.1. The van der Waals surface area contributed by atoms with Crippen LogP contribution in [0.3, 0.4) is 0 Å². The largest absolute Gasteiger partial charge is 0.496 e. The molecule has 1 saturated heterocycles. The van der Waals surface area contributed by atoms with Crippen LogP contribution in [0.4, 0.5) is 4.39 Å². The second-order valence-corrected chi connectivity index (χ2v) is 5.46. The maximum atomic E-state index is 13.8. The molecule has 2 N–H and O–H groups in total. The van der Waals surface area contributed by atoms with Crippen molar-refractivity contribution < 1.29 is 19.0 Å². The lowest BCUT2D eigenvalue weighted by molar-refractivity contribution is -0.141. The molecule has 2 atom stereocenters. The average molecular weight is 332 g/mol. The predicted molar refractivity (Wildman–Crippen MR) is 71.9 cm³/mol. The zero-order valence-electron chi connectivity index (χ0n) is 10.7. The van der Waals surface area contributed by atoms with Crippen LogP contribution in [0.15, 0.2) is 10.5 Å². The maximum absolute atomic E-state index is 13.8. The Morgan fingerprint density at radius 1 is 1.63 bits per heavy atom. The van der Waals surface area contributed by atoms with E-state index in [0.29, 0.717) is 34.3 Å². The van der Waals surface area contributed by atoms with E-state index in [-0.39, 0.29) is 11.9 Å². The Labute approximate surface area is 119 Å².